The van der Waals surface area contributed by atoms with Crippen LogP contribution in [0.15, 0.2) is 30.3 Å². The SMILES string of the molecule is Cc1nc2n(n1)[C@H](c1ccccc1)C[C@H]2F. The standard InChI is InChI=1S/C12H12FN3/c1-8-14-12-10(13)7-11(16(12)15-8)9-5-3-2-4-6-9/h2-6,10-11H,7H2,1H3/t10-,11+/m1/s1. The van der Waals surface area contributed by atoms with Gasteiger partial charge in [0, 0.05) is 6.42 Å². The van der Waals surface area contributed by atoms with Gasteiger partial charge in [0.1, 0.15) is 5.82 Å². The number of nitrogens with zero attached hydrogens (tertiary/aromatic N) is 3. The molecule has 2 atom stereocenters. The van der Waals surface area contributed by atoms with Gasteiger partial charge in [-0.1, -0.05) is 30.3 Å². The van der Waals surface area contributed by atoms with E-state index < -0.39 is 6.17 Å². The van der Waals surface area contributed by atoms with Crippen LogP contribution in [0.5, 0.6) is 0 Å². The summed E-state index contributed by atoms with van der Waals surface area (Å²) < 4.78 is 15.5. The van der Waals surface area contributed by atoms with Gasteiger partial charge in [-0.3, -0.25) is 0 Å². The fraction of sp³-hybridized carbons (Fsp3) is 0.333. The molecule has 82 valence electrons. The Kier molecular flexibility index (Phi) is 2.02. The molecule has 4 heteroatoms. The predicted molar refractivity (Wildman–Crippen MR) is 57.8 cm³/mol. The van der Waals surface area contributed by atoms with Crippen LogP contribution in [0.3, 0.4) is 0 Å². The molecule has 0 spiro atoms. The second-order valence-corrected chi connectivity index (χ2v) is 4.09. The molecule has 0 unspecified atom stereocenters. The van der Waals surface area contributed by atoms with Gasteiger partial charge < -0.3 is 0 Å². The smallest absolute Gasteiger partial charge is 0.162 e. The number of hydrogen-bond donors (Lipinski definition) is 0. The van der Waals surface area contributed by atoms with E-state index in [-0.39, 0.29) is 6.04 Å². The minimum Gasteiger partial charge on any atom is -0.239 e. The van der Waals surface area contributed by atoms with Gasteiger partial charge in [0.25, 0.3) is 0 Å². The van der Waals surface area contributed by atoms with E-state index in [2.05, 4.69) is 10.1 Å². The van der Waals surface area contributed by atoms with E-state index in [1.54, 1.807) is 11.6 Å². The summed E-state index contributed by atoms with van der Waals surface area (Å²) in [5.74, 6) is 1.10. The molecule has 0 N–H and O–H groups in total. The second kappa shape index (κ2) is 3.40. The molecular weight excluding hydrogens is 205 g/mol. The molecule has 0 radical (unpaired) electrons. The van der Waals surface area contributed by atoms with Crippen LogP contribution < -0.4 is 0 Å². The fourth-order valence-electron chi connectivity index (χ4n) is 2.24. The summed E-state index contributed by atoms with van der Waals surface area (Å²) in [5.41, 5.74) is 1.09. The first-order valence-electron chi connectivity index (χ1n) is 5.38. The van der Waals surface area contributed by atoms with E-state index in [4.69, 9.17) is 0 Å². The third-order valence-corrected chi connectivity index (χ3v) is 2.95. The lowest BCUT2D eigenvalue weighted by atomic mass is 10.0. The molecule has 16 heavy (non-hydrogen) atoms. The van der Waals surface area contributed by atoms with Crippen molar-refractivity contribution in [1.82, 2.24) is 14.8 Å². The maximum absolute atomic E-state index is 13.7. The van der Waals surface area contributed by atoms with Crippen molar-refractivity contribution in [1.29, 1.82) is 0 Å². The Morgan fingerprint density at radius 2 is 2.06 bits per heavy atom. The Hall–Kier alpha value is -1.71. The lowest BCUT2D eigenvalue weighted by Gasteiger charge is -2.10. The zero-order valence-electron chi connectivity index (χ0n) is 8.97. The van der Waals surface area contributed by atoms with Crippen LogP contribution in [0.1, 0.15) is 35.8 Å². The topological polar surface area (TPSA) is 30.7 Å². The molecule has 1 aromatic heterocycles. The molecule has 0 saturated carbocycles. The summed E-state index contributed by atoms with van der Waals surface area (Å²) in [6.07, 6.45) is -0.550. The van der Waals surface area contributed by atoms with Crippen LogP contribution in [0.4, 0.5) is 4.39 Å². The van der Waals surface area contributed by atoms with Crippen molar-refractivity contribution >= 4 is 0 Å². The Labute approximate surface area is 92.9 Å². The quantitative estimate of drug-likeness (QED) is 0.735. The summed E-state index contributed by atoms with van der Waals surface area (Å²) in [4.78, 5) is 4.12. The zero-order valence-corrected chi connectivity index (χ0v) is 8.97. The average molecular weight is 217 g/mol. The molecule has 0 amide bonds. The van der Waals surface area contributed by atoms with E-state index in [1.807, 2.05) is 30.3 Å². The molecule has 1 aliphatic rings. The number of aryl methyl sites for hydroxylation is 1. The summed E-state index contributed by atoms with van der Waals surface area (Å²) in [6, 6.07) is 9.88. The number of fused-ring (bicyclic) bond motifs is 1. The van der Waals surface area contributed by atoms with Crippen LogP contribution in [-0.4, -0.2) is 14.8 Å². The molecule has 3 nitrogen and oxygen atoms in total. The fourth-order valence-corrected chi connectivity index (χ4v) is 2.24. The first-order valence-corrected chi connectivity index (χ1v) is 5.38. The van der Waals surface area contributed by atoms with Gasteiger partial charge in [-0.25, -0.2) is 14.1 Å². The second-order valence-electron chi connectivity index (χ2n) is 4.09. The molecule has 1 aliphatic heterocycles. The minimum absolute atomic E-state index is 0.00704. The van der Waals surface area contributed by atoms with Crippen molar-refractivity contribution in [3.8, 4) is 0 Å². The van der Waals surface area contributed by atoms with Crippen LogP contribution in [0, 0.1) is 6.92 Å². The van der Waals surface area contributed by atoms with Gasteiger partial charge >= 0.3 is 0 Å². The van der Waals surface area contributed by atoms with E-state index >= 15 is 0 Å². The normalized spacial score (nSPS) is 23.4. The Bertz CT molecular complexity index is 506. The number of aromatic nitrogens is 3. The van der Waals surface area contributed by atoms with E-state index in [9.17, 15) is 4.39 Å². The molecule has 1 aromatic carbocycles. The van der Waals surface area contributed by atoms with Gasteiger partial charge in [0.15, 0.2) is 12.0 Å². The first-order chi connectivity index (χ1) is 7.75. The van der Waals surface area contributed by atoms with E-state index in [0.29, 0.717) is 18.1 Å². The molecular formula is C12H12FN3. The van der Waals surface area contributed by atoms with E-state index in [0.717, 1.165) is 5.56 Å². The molecule has 0 aliphatic carbocycles. The van der Waals surface area contributed by atoms with Crippen molar-refractivity contribution in [2.24, 2.45) is 0 Å². The largest absolute Gasteiger partial charge is 0.239 e. The van der Waals surface area contributed by atoms with Crippen molar-refractivity contribution in [2.75, 3.05) is 0 Å². The maximum atomic E-state index is 13.7. The Balaban J connectivity index is 2.06. The summed E-state index contributed by atoms with van der Waals surface area (Å²) in [7, 11) is 0. The van der Waals surface area contributed by atoms with Gasteiger partial charge in [0.2, 0.25) is 0 Å². The van der Waals surface area contributed by atoms with Crippen molar-refractivity contribution in [3.63, 3.8) is 0 Å². The van der Waals surface area contributed by atoms with Crippen LogP contribution in [-0.2, 0) is 0 Å². The van der Waals surface area contributed by atoms with E-state index in [1.165, 1.54) is 0 Å². The van der Waals surface area contributed by atoms with Crippen molar-refractivity contribution in [2.45, 2.75) is 25.6 Å². The van der Waals surface area contributed by atoms with Crippen LogP contribution in [0.25, 0.3) is 0 Å². The molecule has 0 fully saturated rings. The average Bonchev–Trinajstić information content (AvgIpc) is 2.80. The molecule has 0 saturated heterocycles. The first kappa shape index (κ1) is 9.51. The van der Waals surface area contributed by atoms with Crippen molar-refractivity contribution in [3.05, 3.63) is 47.5 Å². The molecule has 2 heterocycles. The highest BCUT2D eigenvalue weighted by molar-refractivity contribution is 5.23. The van der Waals surface area contributed by atoms with Gasteiger partial charge in [-0.2, -0.15) is 5.10 Å². The Morgan fingerprint density at radius 3 is 2.81 bits per heavy atom. The molecule has 0 bridgehead atoms. The third-order valence-electron chi connectivity index (χ3n) is 2.95. The van der Waals surface area contributed by atoms with Crippen LogP contribution in [0.2, 0.25) is 0 Å². The lowest BCUT2D eigenvalue weighted by molar-refractivity contribution is 0.328. The minimum atomic E-state index is -0.994. The number of benzene rings is 1. The number of hydrogen-bond acceptors (Lipinski definition) is 2. The highest BCUT2D eigenvalue weighted by Gasteiger charge is 2.34. The molecule has 2 aromatic rings. The van der Waals surface area contributed by atoms with Crippen LogP contribution >= 0.6 is 0 Å². The third kappa shape index (κ3) is 1.33. The van der Waals surface area contributed by atoms with Gasteiger partial charge in [-0.15, -0.1) is 0 Å². The summed E-state index contributed by atoms with van der Waals surface area (Å²) in [5, 5.41) is 4.26. The lowest BCUT2D eigenvalue weighted by Crippen LogP contribution is -2.07. The maximum Gasteiger partial charge on any atom is 0.162 e. The van der Waals surface area contributed by atoms with Gasteiger partial charge in [0.05, 0.1) is 6.04 Å². The Morgan fingerprint density at radius 1 is 1.31 bits per heavy atom. The predicted octanol–water partition coefficient (Wildman–Crippen LogP) is 2.59. The highest BCUT2D eigenvalue weighted by Crippen LogP contribution is 2.38. The zero-order chi connectivity index (χ0) is 11.1. The highest BCUT2D eigenvalue weighted by atomic mass is 19.1. The van der Waals surface area contributed by atoms with Crippen molar-refractivity contribution < 1.29 is 4.39 Å². The summed E-state index contributed by atoms with van der Waals surface area (Å²) >= 11 is 0. The monoisotopic (exact) mass is 217 g/mol. The molecule has 3 rings (SSSR count). The number of halogens is 1. The summed E-state index contributed by atoms with van der Waals surface area (Å²) in [6.45, 7) is 1.79. The number of rotatable bonds is 1. The number of alkyl halides is 1. The van der Waals surface area contributed by atoms with Gasteiger partial charge in [-0.05, 0) is 12.5 Å².